The van der Waals surface area contributed by atoms with Gasteiger partial charge in [0, 0.05) is 43.1 Å². The number of aromatic nitrogens is 2. The minimum atomic E-state index is 0.139. The third kappa shape index (κ3) is 2.57. The Labute approximate surface area is 242 Å². The van der Waals surface area contributed by atoms with E-state index in [2.05, 4.69) is 145 Å². The van der Waals surface area contributed by atoms with Gasteiger partial charge in [0.1, 0.15) is 0 Å². The summed E-state index contributed by atoms with van der Waals surface area (Å²) in [5.74, 6) is 0. The zero-order valence-corrected chi connectivity index (χ0v) is 23.9. The predicted molar refractivity (Wildman–Crippen MR) is 180 cm³/mol. The Morgan fingerprint density at radius 2 is 0.810 bits per heavy atom. The Hall–Kier alpha value is -5.08. The average molecular weight is 537 g/mol. The number of hydrogen-bond acceptors (Lipinski definition) is 0. The number of hydrogen-bond donors (Lipinski definition) is 0. The zero-order valence-electron chi connectivity index (χ0n) is 23.9. The molecule has 0 aliphatic heterocycles. The van der Waals surface area contributed by atoms with Crippen molar-refractivity contribution in [3.63, 3.8) is 0 Å². The Morgan fingerprint density at radius 1 is 0.405 bits per heavy atom. The smallest absolute Gasteiger partial charge is 0.0634 e. The molecular formula is C40H28N2. The highest BCUT2D eigenvalue weighted by Crippen LogP contribution is 2.51. The normalized spacial score (nSPS) is 13.1. The van der Waals surface area contributed by atoms with Gasteiger partial charge in [0.25, 0.3) is 0 Å². The summed E-state index contributed by atoms with van der Waals surface area (Å²) in [5, 5.41) is 10.8. The summed E-state index contributed by atoms with van der Waals surface area (Å²) in [4.78, 5) is 0. The van der Waals surface area contributed by atoms with E-state index in [-0.39, 0.29) is 5.41 Å². The van der Waals surface area contributed by atoms with Crippen LogP contribution in [0.15, 0.2) is 115 Å². The predicted octanol–water partition coefficient (Wildman–Crippen LogP) is 11.0. The third-order valence-corrected chi connectivity index (χ3v) is 9.73. The molecule has 6 aromatic carbocycles. The van der Waals surface area contributed by atoms with Gasteiger partial charge in [-0.1, -0.05) is 112 Å². The molecule has 0 spiro atoms. The monoisotopic (exact) mass is 536 g/mol. The number of fused-ring (bicyclic) bond motifs is 14. The molecule has 4 heterocycles. The van der Waals surface area contributed by atoms with Crippen molar-refractivity contribution in [1.82, 2.24) is 8.80 Å². The van der Waals surface area contributed by atoms with Crippen LogP contribution in [0.5, 0.6) is 0 Å². The molecule has 10 aromatic rings. The number of rotatable bonds is 1. The first kappa shape index (κ1) is 22.6. The minimum absolute atomic E-state index is 0.139. The van der Waals surface area contributed by atoms with Gasteiger partial charge in [-0.2, -0.15) is 0 Å². The second-order valence-corrected chi connectivity index (χ2v) is 13.0. The average Bonchev–Trinajstić information content (AvgIpc) is 3.73. The minimum Gasteiger partial charge on any atom is -0.308 e. The highest BCUT2D eigenvalue weighted by Gasteiger charge is 2.28. The van der Waals surface area contributed by atoms with Gasteiger partial charge < -0.3 is 8.80 Å². The first-order valence-corrected chi connectivity index (χ1v) is 14.9. The van der Waals surface area contributed by atoms with Crippen molar-refractivity contribution < 1.29 is 0 Å². The molecule has 198 valence electrons. The van der Waals surface area contributed by atoms with E-state index in [4.69, 9.17) is 0 Å². The molecule has 0 saturated carbocycles. The van der Waals surface area contributed by atoms with Gasteiger partial charge in [0.05, 0.1) is 33.1 Å². The molecule has 0 bridgehead atoms. The van der Waals surface area contributed by atoms with Crippen LogP contribution in [0.4, 0.5) is 0 Å². The quantitative estimate of drug-likeness (QED) is 0.197. The van der Waals surface area contributed by atoms with E-state index in [1.807, 2.05) is 0 Å². The lowest BCUT2D eigenvalue weighted by molar-refractivity contribution is 0.590. The molecule has 0 radical (unpaired) electrons. The van der Waals surface area contributed by atoms with Crippen LogP contribution < -0.4 is 0 Å². The zero-order chi connectivity index (χ0) is 27.9. The Morgan fingerprint density at radius 3 is 1.29 bits per heavy atom. The largest absolute Gasteiger partial charge is 0.308 e. The Kier molecular flexibility index (Phi) is 3.98. The summed E-state index contributed by atoms with van der Waals surface area (Å²) in [6, 6.07) is 43.1. The molecule has 0 aliphatic carbocycles. The first-order valence-electron chi connectivity index (χ1n) is 14.9. The Balaban J connectivity index is 1.45. The summed E-state index contributed by atoms with van der Waals surface area (Å²) in [7, 11) is 0. The molecule has 0 amide bonds. The van der Waals surface area contributed by atoms with Crippen LogP contribution in [0.25, 0.3) is 87.3 Å². The van der Waals surface area contributed by atoms with Gasteiger partial charge in [-0.3, -0.25) is 0 Å². The SMILES string of the molecule is CC(C)(C)c1ccc(-c2ccc3c4c5c6ccccc6n6c7ccccc7c(c7c8ccccc8n(c3c2)c74)c56)cc1. The molecule has 0 fully saturated rings. The topological polar surface area (TPSA) is 8.82 Å². The molecule has 0 aliphatic rings. The summed E-state index contributed by atoms with van der Waals surface area (Å²) < 4.78 is 5.06. The van der Waals surface area contributed by atoms with Gasteiger partial charge >= 0.3 is 0 Å². The highest BCUT2D eigenvalue weighted by atomic mass is 14.9. The van der Waals surface area contributed by atoms with Crippen LogP contribution in [0, 0.1) is 0 Å². The molecule has 2 heteroatoms. The maximum atomic E-state index is 2.55. The summed E-state index contributed by atoms with van der Waals surface area (Å²) in [5.41, 5.74) is 11.8. The van der Waals surface area contributed by atoms with Crippen molar-refractivity contribution in [2.75, 3.05) is 0 Å². The van der Waals surface area contributed by atoms with Gasteiger partial charge in [-0.25, -0.2) is 0 Å². The number of benzene rings is 6. The molecule has 0 saturated heterocycles. The maximum Gasteiger partial charge on any atom is 0.0634 e. The number of nitrogens with zero attached hydrogens (tertiary/aromatic N) is 2. The molecule has 0 N–H and O–H groups in total. The van der Waals surface area contributed by atoms with E-state index in [1.165, 1.54) is 92.9 Å². The fourth-order valence-corrected chi connectivity index (χ4v) is 7.87. The summed E-state index contributed by atoms with van der Waals surface area (Å²) >= 11 is 0. The van der Waals surface area contributed by atoms with E-state index < -0.39 is 0 Å². The Bertz CT molecular complexity index is 2690. The number of para-hydroxylation sites is 3. The molecule has 2 nitrogen and oxygen atoms in total. The molecule has 0 unspecified atom stereocenters. The summed E-state index contributed by atoms with van der Waals surface area (Å²) in [6.45, 7) is 6.82. The van der Waals surface area contributed by atoms with E-state index in [9.17, 15) is 0 Å². The van der Waals surface area contributed by atoms with Gasteiger partial charge in [-0.15, -0.1) is 0 Å². The maximum absolute atomic E-state index is 2.55. The van der Waals surface area contributed by atoms with Crippen molar-refractivity contribution in [1.29, 1.82) is 0 Å². The van der Waals surface area contributed by atoms with E-state index in [0.717, 1.165) is 0 Å². The highest BCUT2D eigenvalue weighted by molar-refractivity contribution is 6.45. The molecule has 4 aromatic heterocycles. The van der Waals surface area contributed by atoms with E-state index >= 15 is 0 Å². The summed E-state index contributed by atoms with van der Waals surface area (Å²) in [6.07, 6.45) is 0. The van der Waals surface area contributed by atoms with Gasteiger partial charge in [0.2, 0.25) is 0 Å². The van der Waals surface area contributed by atoms with Crippen molar-refractivity contribution in [2.24, 2.45) is 0 Å². The van der Waals surface area contributed by atoms with Crippen molar-refractivity contribution in [3.8, 4) is 11.1 Å². The van der Waals surface area contributed by atoms with Crippen molar-refractivity contribution >= 4 is 76.2 Å². The fourth-order valence-electron chi connectivity index (χ4n) is 7.87. The first-order chi connectivity index (χ1) is 20.5. The fraction of sp³-hybridized carbons (Fsp3) is 0.100. The van der Waals surface area contributed by atoms with Crippen molar-refractivity contribution in [2.45, 2.75) is 26.2 Å². The molecule has 42 heavy (non-hydrogen) atoms. The van der Waals surface area contributed by atoms with Crippen LogP contribution in [0.2, 0.25) is 0 Å². The third-order valence-electron chi connectivity index (χ3n) is 9.73. The van der Waals surface area contributed by atoms with Gasteiger partial charge in [0.15, 0.2) is 0 Å². The van der Waals surface area contributed by atoms with Crippen LogP contribution in [-0.4, -0.2) is 8.80 Å². The second kappa shape index (κ2) is 7.40. The molecule has 0 atom stereocenters. The van der Waals surface area contributed by atoms with Crippen LogP contribution in [0.1, 0.15) is 26.3 Å². The van der Waals surface area contributed by atoms with Crippen molar-refractivity contribution in [3.05, 3.63) is 121 Å². The lowest BCUT2D eigenvalue weighted by Gasteiger charge is -2.19. The second-order valence-electron chi connectivity index (χ2n) is 13.0. The lowest BCUT2D eigenvalue weighted by Crippen LogP contribution is -2.10. The standard InChI is InChI=1S/C40H28N2/c1-40(2,3)25-19-16-23(17-20-25)24-18-21-29-33(22-24)42-32-15-9-6-12-28(32)35-34-26-10-4-7-13-30(26)41-31-14-8-5-11-27(31)36(38(34)41)37(29)39(35)42/h4-22H,1-3H3. The lowest BCUT2D eigenvalue weighted by atomic mass is 9.86. The molecule has 10 rings (SSSR count). The van der Waals surface area contributed by atoms with Gasteiger partial charge in [-0.05, 0) is 46.4 Å². The van der Waals surface area contributed by atoms with Crippen LogP contribution in [0.3, 0.4) is 0 Å². The van der Waals surface area contributed by atoms with E-state index in [1.54, 1.807) is 0 Å². The van der Waals surface area contributed by atoms with E-state index in [0.29, 0.717) is 0 Å². The molecular weight excluding hydrogens is 508 g/mol. The van der Waals surface area contributed by atoms with Crippen LogP contribution in [-0.2, 0) is 5.41 Å². The van der Waals surface area contributed by atoms with Crippen LogP contribution >= 0.6 is 0 Å².